The highest BCUT2D eigenvalue weighted by Gasteiger charge is 2.11. The van der Waals surface area contributed by atoms with Crippen LogP contribution in [0.3, 0.4) is 0 Å². The van der Waals surface area contributed by atoms with Crippen LogP contribution >= 0.6 is 23.8 Å². The molecule has 130 valence electrons. The smallest absolute Gasteiger partial charge is 0.169 e. The summed E-state index contributed by atoms with van der Waals surface area (Å²) < 4.78 is 2.08. The Labute approximate surface area is 154 Å². The molecule has 0 unspecified atom stereocenters. The van der Waals surface area contributed by atoms with Gasteiger partial charge in [0.1, 0.15) is 0 Å². The Bertz CT molecular complexity index is 615. The van der Waals surface area contributed by atoms with Crippen LogP contribution < -0.4 is 5.32 Å². The van der Waals surface area contributed by atoms with Crippen LogP contribution in [0.1, 0.15) is 31.7 Å². The van der Waals surface area contributed by atoms with Gasteiger partial charge in [-0.15, -0.1) is 0 Å². The fraction of sp³-hybridized carbons (Fsp3) is 0.444. The van der Waals surface area contributed by atoms with Crippen molar-refractivity contribution < 1.29 is 0 Å². The van der Waals surface area contributed by atoms with E-state index < -0.39 is 0 Å². The van der Waals surface area contributed by atoms with Gasteiger partial charge in [-0.25, -0.2) is 4.98 Å². The second kappa shape index (κ2) is 10.3. The molecular weight excluding hydrogens is 340 g/mol. The number of halogens is 1. The van der Waals surface area contributed by atoms with Crippen molar-refractivity contribution in [2.75, 3.05) is 13.1 Å². The fourth-order valence-electron chi connectivity index (χ4n) is 2.43. The summed E-state index contributed by atoms with van der Waals surface area (Å²) in [6, 6.07) is 7.94. The van der Waals surface area contributed by atoms with Crippen molar-refractivity contribution in [3.63, 3.8) is 0 Å². The number of benzene rings is 1. The molecule has 1 heterocycles. The summed E-state index contributed by atoms with van der Waals surface area (Å²) in [5.41, 5.74) is 1.10. The van der Waals surface area contributed by atoms with Crippen molar-refractivity contribution in [3.8, 4) is 0 Å². The van der Waals surface area contributed by atoms with Gasteiger partial charge in [-0.3, -0.25) is 0 Å². The number of aromatic nitrogens is 2. The largest absolute Gasteiger partial charge is 0.363 e. The molecule has 0 saturated heterocycles. The average molecular weight is 365 g/mol. The van der Waals surface area contributed by atoms with Crippen LogP contribution in [0.5, 0.6) is 0 Å². The molecule has 0 spiro atoms. The first-order chi connectivity index (χ1) is 11.7. The first kappa shape index (κ1) is 18.7. The Balaban J connectivity index is 1.94. The van der Waals surface area contributed by atoms with E-state index >= 15 is 0 Å². The molecule has 2 aromatic rings. The Hall–Kier alpha value is -1.59. The highest BCUT2D eigenvalue weighted by molar-refractivity contribution is 7.80. The summed E-state index contributed by atoms with van der Waals surface area (Å²) in [5.74, 6) is 0. The summed E-state index contributed by atoms with van der Waals surface area (Å²) in [4.78, 5) is 6.28. The average Bonchev–Trinajstić information content (AvgIpc) is 3.09. The van der Waals surface area contributed by atoms with Crippen LogP contribution in [0.25, 0.3) is 0 Å². The van der Waals surface area contributed by atoms with E-state index in [9.17, 15) is 0 Å². The molecule has 0 atom stereocenters. The van der Waals surface area contributed by atoms with Crippen LogP contribution in [0.2, 0.25) is 5.02 Å². The zero-order valence-corrected chi connectivity index (χ0v) is 15.7. The van der Waals surface area contributed by atoms with E-state index in [0.717, 1.165) is 61.1 Å². The number of hydrogen-bond acceptors (Lipinski definition) is 2. The topological polar surface area (TPSA) is 33.1 Å². The third-order valence-corrected chi connectivity index (χ3v) is 4.59. The molecule has 0 bridgehead atoms. The minimum absolute atomic E-state index is 0.724. The first-order valence-electron chi connectivity index (χ1n) is 8.42. The van der Waals surface area contributed by atoms with E-state index in [1.54, 1.807) is 6.20 Å². The van der Waals surface area contributed by atoms with Crippen molar-refractivity contribution >= 4 is 28.9 Å². The van der Waals surface area contributed by atoms with Gasteiger partial charge in [-0.05, 0) is 36.7 Å². The predicted molar refractivity (Wildman–Crippen MR) is 104 cm³/mol. The molecule has 1 N–H and O–H groups in total. The van der Waals surface area contributed by atoms with Crippen LogP contribution in [-0.4, -0.2) is 32.7 Å². The summed E-state index contributed by atoms with van der Waals surface area (Å²) in [7, 11) is 0. The molecule has 0 aliphatic heterocycles. The highest BCUT2D eigenvalue weighted by Crippen LogP contribution is 2.17. The van der Waals surface area contributed by atoms with E-state index in [1.807, 2.05) is 30.7 Å². The number of rotatable bonds is 9. The molecule has 2 rings (SSSR count). The van der Waals surface area contributed by atoms with E-state index in [1.165, 1.54) is 0 Å². The molecule has 0 amide bonds. The van der Waals surface area contributed by atoms with Gasteiger partial charge in [0, 0.05) is 43.6 Å². The van der Waals surface area contributed by atoms with Crippen molar-refractivity contribution in [1.82, 2.24) is 19.8 Å². The van der Waals surface area contributed by atoms with Gasteiger partial charge >= 0.3 is 0 Å². The molecule has 4 nitrogen and oxygen atoms in total. The van der Waals surface area contributed by atoms with Gasteiger partial charge in [0.2, 0.25) is 0 Å². The molecule has 24 heavy (non-hydrogen) atoms. The zero-order chi connectivity index (χ0) is 17.2. The van der Waals surface area contributed by atoms with Gasteiger partial charge in [0.25, 0.3) is 0 Å². The summed E-state index contributed by atoms with van der Waals surface area (Å²) >= 11 is 11.9. The minimum Gasteiger partial charge on any atom is -0.363 e. The lowest BCUT2D eigenvalue weighted by Gasteiger charge is -2.26. The fourth-order valence-corrected chi connectivity index (χ4v) is 2.89. The third-order valence-electron chi connectivity index (χ3n) is 3.82. The molecule has 0 saturated carbocycles. The summed E-state index contributed by atoms with van der Waals surface area (Å²) in [6.07, 6.45) is 8.90. The van der Waals surface area contributed by atoms with Gasteiger partial charge in [0.05, 0.1) is 6.33 Å². The Morgan fingerprint density at radius 2 is 2.17 bits per heavy atom. The van der Waals surface area contributed by atoms with E-state index in [4.69, 9.17) is 23.8 Å². The number of hydrogen-bond donors (Lipinski definition) is 1. The Morgan fingerprint density at radius 1 is 1.33 bits per heavy atom. The van der Waals surface area contributed by atoms with Gasteiger partial charge in [0.15, 0.2) is 5.11 Å². The number of imidazole rings is 1. The molecule has 0 aliphatic rings. The standard InChI is InChI=1S/C18H25ClN4S/c1-2-3-9-21-18(24)23(12-6-11-22-13-10-20-15-22)14-16-7-4-5-8-17(16)19/h4-5,7-8,10,13,15H,2-3,6,9,11-12,14H2,1H3,(H,21,24). The van der Waals surface area contributed by atoms with Crippen LogP contribution in [0.15, 0.2) is 43.0 Å². The number of unbranched alkanes of at least 4 members (excludes halogenated alkanes) is 1. The minimum atomic E-state index is 0.724. The lowest BCUT2D eigenvalue weighted by molar-refractivity contribution is 0.384. The van der Waals surface area contributed by atoms with Crippen LogP contribution in [0, 0.1) is 0 Å². The van der Waals surface area contributed by atoms with Crippen molar-refractivity contribution in [3.05, 3.63) is 53.6 Å². The predicted octanol–water partition coefficient (Wildman–Crippen LogP) is 4.10. The molecular formula is C18H25ClN4S. The van der Waals surface area contributed by atoms with Crippen LogP contribution in [0.4, 0.5) is 0 Å². The number of aryl methyl sites for hydroxylation is 1. The van der Waals surface area contributed by atoms with Gasteiger partial charge < -0.3 is 14.8 Å². The van der Waals surface area contributed by atoms with Crippen molar-refractivity contribution in [2.24, 2.45) is 0 Å². The number of thiocarbonyl (C=S) groups is 1. The molecule has 6 heteroatoms. The summed E-state index contributed by atoms with van der Waals surface area (Å²) in [6.45, 7) is 5.62. The van der Waals surface area contributed by atoms with E-state index in [-0.39, 0.29) is 0 Å². The summed E-state index contributed by atoms with van der Waals surface area (Å²) in [5, 5.41) is 4.95. The Kier molecular flexibility index (Phi) is 8.05. The number of nitrogens with zero attached hydrogens (tertiary/aromatic N) is 3. The third kappa shape index (κ3) is 6.13. The molecule has 1 aromatic heterocycles. The van der Waals surface area contributed by atoms with Gasteiger partial charge in [-0.1, -0.05) is 43.1 Å². The van der Waals surface area contributed by atoms with Crippen molar-refractivity contribution in [2.45, 2.75) is 39.3 Å². The lowest BCUT2D eigenvalue weighted by Crippen LogP contribution is -2.40. The van der Waals surface area contributed by atoms with E-state index in [0.29, 0.717) is 0 Å². The van der Waals surface area contributed by atoms with Crippen molar-refractivity contribution in [1.29, 1.82) is 0 Å². The highest BCUT2D eigenvalue weighted by atomic mass is 35.5. The zero-order valence-electron chi connectivity index (χ0n) is 14.1. The Morgan fingerprint density at radius 3 is 2.88 bits per heavy atom. The molecule has 1 aromatic carbocycles. The number of nitrogens with one attached hydrogen (secondary N) is 1. The molecule has 0 radical (unpaired) electrons. The maximum Gasteiger partial charge on any atom is 0.169 e. The first-order valence-corrected chi connectivity index (χ1v) is 9.21. The molecule has 0 fully saturated rings. The monoisotopic (exact) mass is 364 g/mol. The molecule has 0 aliphatic carbocycles. The lowest BCUT2D eigenvalue weighted by atomic mass is 10.2. The van der Waals surface area contributed by atoms with Gasteiger partial charge in [-0.2, -0.15) is 0 Å². The van der Waals surface area contributed by atoms with E-state index in [2.05, 4.69) is 32.8 Å². The second-order valence-electron chi connectivity index (χ2n) is 5.75. The second-order valence-corrected chi connectivity index (χ2v) is 6.55. The maximum atomic E-state index is 6.31. The SMILES string of the molecule is CCCCNC(=S)N(CCCn1ccnc1)Cc1ccccc1Cl. The maximum absolute atomic E-state index is 6.31. The van der Waals surface area contributed by atoms with Crippen LogP contribution in [-0.2, 0) is 13.1 Å². The normalized spacial score (nSPS) is 10.6. The quantitative estimate of drug-likeness (QED) is 0.536.